The lowest BCUT2D eigenvalue weighted by Crippen LogP contribution is -2.14. The maximum absolute atomic E-state index is 11.4. The molecule has 0 aliphatic carbocycles. The van der Waals surface area contributed by atoms with Gasteiger partial charge in [0.05, 0.1) is 11.3 Å². The minimum Gasteiger partial charge on any atom is -0.380 e. The molecule has 0 saturated carbocycles. The molecule has 0 atom stereocenters. The summed E-state index contributed by atoms with van der Waals surface area (Å²) >= 11 is 5.98. The Hall–Kier alpha value is -2.79. The Morgan fingerprint density at radius 1 is 1.22 bits per heavy atom. The van der Waals surface area contributed by atoms with Crippen LogP contribution in [0.25, 0.3) is 5.69 Å². The van der Waals surface area contributed by atoms with Gasteiger partial charge in [-0.1, -0.05) is 23.7 Å². The lowest BCUT2D eigenvalue weighted by molar-refractivity contribution is 0.100. The van der Waals surface area contributed by atoms with Gasteiger partial charge in [0.15, 0.2) is 0 Å². The second-order valence-electron chi connectivity index (χ2n) is 5.02. The number of rotatable bonds is 5. The van der Waals surface area contributed by atoms with Crippen LogP contribution in [-0.4, -0.2) is 15.7 Å². The van der Waals surface area contributed by atoms with Gasteiger partial charge in [0.1, 0.15) is 0 Å². The van der Waals surface area contributed by atoms with Crippen molar-refractivity contribution >= 4 is 23.2 Å². The van der Waals surface area contributed by atoms with Crippen molar-refractivity contribution in [1.29, 1.82) is 0 Å². The first-order chi connectivity index (χ1) is 11.1. The summed E-state index contributed by atoms with van der Waals surface area (Å²) < 4.78 is 1.79. The third-order valence-corrected chi connectivity index (χ3v) is 3.67. The first kappa shape index (κ1) is 15.1. The molecule has 3 N–H and O–H groups in total. The molecule has 1 aromatic heterocycles. The molecule has 116 valence electrons. The summed E-state index contributed by atoms with van der Waals surface area (Å²) in [5, 5.41) is 7.93. The number of hydrogen-bond acceptors (Lipinski definition) is 3. The number of aromatic nitrogens is 2. The van der Waals surface area contributed by atoms with Crippen molar-refractivity contribution in [1.82, 2.24) is 9.78 Å². The zero-order chi connectivity index (χ0) is 16.2. The summed E-state index contributed by atoms with van der Waals surface area (Å²) in [6.07, 6.45) is 3.62. The minimum atomic E-state index is -0.488. The van der Waals surface area contributed by atoms with Crippen LogP contribution in [0.2, 0.25) is 5.02 Å². The fraction of sp³-hybridized carbons (Fsp3) is 0.0588. The number of hydrogen-bond donors (Lipinski definition) is 2. The van der Waals surface area contributed by atoms with Gasteiger partial charge in [-0.25, -0.2) is 4.68 Å². The maximum atomic E-state index is 11.4. The summed E-state index contributed by atoms with van der Waals surface area (Å²) in [5.74, 6) is -0.488. The summed E-state index contributed by atoms with van der Waals surface area (Å²) in [7, 11) is 0. The van der Waals surface area contributed by atoms with Crippen LogP contribution in [0.5, 0.6) is 0 Å². The topological polar surface area (TPSA) is 72.9 Å². The smallest absolute Gasteiger partial charge is 0.250 e. The molecule has 0 unspecified atom stereocenters. The average molecular weight is 327 g/mol. The number of amides is 1. The number of carbonyl (C=O) groups is 1. The van der Waals surface area contributed by atoms with Crippen LogP contribution in [-0.2, 0) is 6.54 Å². The highest BCUT2D eigenvalue weighted by atomic mass is 35.5. The molecule has 0 fully saturated rings. The molecule has 0 bridgehead atoms. The molecule has 0 aliphatic rings. The number of nitrogens with one attached hydrogen (secondary N) is 1. The number of halogens is 1. The van der Waals surface area contributed by atoms with E-state index in [1.807, 2.05) is 36.5 Å². The standard InChI is InChI=1S/C17H15ClN4O/c18-13-4-7-15(17(19)23)16(10-13)20-11-12-2-5-14(6-3-12)22-9-1-8-21-22/h1-10,20H,11H2,(H2,19,23). The van der Waals surface area contributed by atoms with E-state index in [1.165, 1.54) is 0 Å². The molecular formula is C17H15ClN4O. The maximum Gasteiger partial charge on any atom is 0.250 e. The Kier molecular flexibility index (Phi) is 4.30. The normalized spacial score (nSPS) is 10.5. The Bertz CT molecular complexity index is 813. The first-order valence-electron chi connectivity index (χ1n) is 7.05. The fourth-order valence-corrected chi connectivity index (χ4v) is 2.44. The van der Waals surface area contributed by atoms with Gasteiger partial charge >= 0.3 is 0 Å². The number of anilines is 1. The van der Waals surface area contributed by atoms with Crippen LogP contribution in [0.4, 0.5) is 5.69 Å². The van der Waals surface area contributed by atoms with Gasteiger partial charge in [-0.2, -0.15) is 5.10 Å². The van der Waals surface area contributed by atoms with Crippen LogP contribution in [0, 0.1) is 0 Å². The van der Waals surface area contributed by atoms with Gasteiger partial charge in [0.2, 0.25) is 0 Å². The lowest BCUT2D eigenvalue weighted by atomic mass is 10.1. The monoisotopic (exact) mass is 326 g/mol. The van der Waals surface area contributed by atoms with Crippen molar-refractivity contribution in [2.45, 2.75) is 6.54 Å². The Balaban J connectivity index is 1.74. The van der Waals surface area contributed by atoms with E-state index in [0.29, 0.717) is 22.8 Å². The van der Waals surface area contributed by atoms with Gasteiger partial charge in [-0.15, -0.1) is 0 Å². The van der Waals surface area contributed by atoms with E-state index in [0.717, 1.165) is 11.3 Å². The highest BCUT2D eigenvalue weighted by Gasteiger charge is 2.08. The quantitative estimate of drug-likeness (QED) is 0.756. The van der Waals surface area contributed by atoms with E-state index in [9.17, 15) is 4.79 Å². The van der Waals surface area contributed by atoms with Crippen molar-refractivity contribution in [2.75, 3.05) is 5.32 Å². The summed E-state index contributed by atoms with van der Waals surface area (Å²) in [4.78, 5) is 11.4. The number of benzene rings is 2. The molecule has 1 heterocycles. The second kappa shape index (κ2) is 6.54. The SMILES string of the molecule is NC(=O)c1ccc(Cl)cc1NCc1ccc(-n2cccn2)cc1. The molecule has 3 aromatic rings. The lowest BCUT2D eigenvalue weighted by Gasteiger charge is -2.11. The van der Waals surface area contributed by atoms with Crippen LogP contribution in [0.15, 0.2) is 60.9 Å². The van der Waals surface area contributed by atoms with Crippen molar-refractivity contribution in [3.8, 4) is 5.69 Å². The van der Waals surface area contributed by atoms with Gasteiger partial charge in [0, 0.05) is 29.6 Å². The molecule has 6 heteroatoms. The zero-order valence-electron chi connectivity index (χ0n) is 12.2. The predicted octanol–water partition coefficient (Wildman–Crippen LogP) is 3.24. The highest BCUT2D eigenvalue weighted by Crippen LogP contribution is 2.21. The van der Waals surface area contributed by atoms with E-state index in [2.05, 4.69) is 10.4 Å². The minimum absolute atomic E-state index is 0.419. The molecule has 2 aromatic carbocycles. The van der Waals surface area contributed by atoms with E-state index in [4.69, 9.17) is 17.3 Å². The highest BCUT2D eigenvalue weighted by molar-refractivity contribution is 6.31. The van der Waals surface area contributed by atoms with E-state index >= 15 is 0 Å². The van der Waals surface area contributed by atoms with Crippen molar-refractivity contribution in [2.24, 2.45) is 5.73 Å². The molecule has 3 rings (SSSR count). The second-order valence-corrected chi connectivity index (χ2v) is 5.46. The summed E-state index contributed by atoms with van der Waals surface area (Å²) in [6.45, 7) is 0.556. The number of primary amides is 1. The van der Waals surface area contributed by atoms with Gasteiger partial charge in [-0.3, -0.25) is 4.79 Å². The predicted molar refractivity (Wildman–Crippen MR) is 90.9 cm³/mol. The molecule has 0 aliphatic heterocycles. The van der Waals surface area contributed by atoms with Gasteiger partial charge in [0.25, 0.3) is 5.91 Å². The van der Waals surface area contributed by atoms with Crippen LogP contribution >= 0.6 is 11.6 Å². The molecule has 23 heavy (non-hydrogen) atoms. The number of carbonyl (C=O) groups excluding carboxylic acids is 1. The van der Waals surface area contributed by atoms with Crippen molar-refractivity contribution in [3.63, 3.8) is 0 Å². The van der Waals surface area contributed by atoms with E-state index < -0.39 is 5.91 Å². The molecular weight excluding hydrogens is 312 g/mol. The largest absolute Gasteiger partial charge is 0.380 e. The Morgan fingerprint density at radius 3 is 2.65 bits per heavy atom. The number of nitrogens with two attached hydrogens (primary N) is 1. The first-order valence-corrected chi connectivity index (χ1v) is 7.43. The van der Waals surface area contributed by atoms with Crippen LogP contribution in [0.3, 0.4) is 0 Å². The van der Waals surface area contributed by atoms with Gasteiger partial charge in [-0.05, 0) is 42.0 Å². The average Bonchev–Trinajstić information content (AvgIpc) is 3.07. The molecule has 5 nitrogen and oxygen atoms in total. The van der Waals surface area contributed by atoms with Crippen LogP contribution in [0.1, 0.15) is 15.9 Å². The van der Waals surface area contributed by atoms with E-state index in [1.54, 1.807) is 29.1 Å². The van der Waals surface area contributed by atoms with E-state index in [-0.39, 0.29) is 0 Å². The van der Waals surface area contributed by atoms with Gasteiger partial charge < -0.3 is 11.1 Å². The summed E-state index contributed by atoms with van der Waals surface area (Å²) in [6, 6.07) is 14.8. The number of nitrogens with zero attached hydrogens (tertiary/aromatic N) is 2. The summed E-state index contributed by atoms with van der Waals surface area (Å²) in [5.41, 5.74) is 8.47. The van der Waals surface area contributed by atoms with Crippen LogP contribution < -0.4 is 11.1 Å². The Labute approximate surface area is 138 Å². The van der Waals surface area contributed by atoms with Crippen molar-refractivity contribution < 1.29 is 4.79 Å². The molecule has 1 amide bonds. The molecule has 0 spiro atoms. The third kappa shape index (κ3) is 3.52. The zero-order valence-corrected chi connectivity index (χ0v) is 13.0. The van der Waals surface area contributed by atoms with Crippen molar-refractivity contribution in [3.05, 3.63) is 77.1 Å². The molecule has 0 radical (unpaired) electrons. The Morgan fingerprint density at radius 2 is 2.00 bits per heavy atom. The third-order valence-electron chi connectivity index (χ3n) is 3.44. The fourth-order valence-electron chi connectivity index (χ4n) is 2.26. The molecule has 0 saturated heterocycles.